The van der Waals surface area contributed by atoms with E-state index in [1.807, 2.05) is 0 Å². The molecule has 0 aromatic carbocycles. The van der Waals surface area contributed by atoms with Gasteiger partial charge < -0.3 is 5.11 Å². The summed E-state index contributed by atoms with van der Waals surface area (Å²) in [5.41, 5.74) is 0. The fraction of sp³-hybridized carbons (Fsp3) is 1.00. The van der Waals surface area contributed by atoms with E-state index in [-0.39, 0.29) is 6.10 Å². The third-order valence-electron chi connectivity index (χ3n) is 2.55. The van der Waals surface area contributed by atoms with Crippen LogP contribution in [0.1, 0.15) is 25.7 Å². The van der Waals surface area contributed by atoms with E-state index in [4.69, 9.17) is 0 Å². The third-order valence-corrected chi connectivity index (χ3v) is 2.55. The summed E-state index contributed by atoms with van der Waals surface area (Å²) >= 11 is 0. The third kappa shape index (κ3) is 0.576. The van der Waals surface area contributed by atoms with Crippen molar-refractivity contribution >= 4 is 0 Å². The van der Waals surface area contributed by atoms with E-state index >= 15 is 0 Å². The predicted molar refractivity (Wildman–Crippen MR) is 31.5 cm³/mol. The summed E-state index contributed by atoms with van der Waals surface area (Å²) in [6.07, 6.45) is 5.13. The van der Waals surface area contributed by atoms with Crippen LogP contribution in [0.3, 0.4) is 0 Å². The van der Waals surface area contributed by atoms with Gasteiger partial charge in [0.05, 0.1) is 6.10 Å². The number of aliphatic hydroxyl groups excluding tert-OH is 1. The Morgan fingerprint density at radius 2 is 2.12 bits per heavy atom. The van der Waals surface area contributed by atoms with Gasteiger partial charge in [0, 0.05) is 0 Å². The highest BCUT2D eigenvalue weighted by atomic mass is 16.3. The molecule has 2 fully saturated rings. The monoisotopic (exact) mass is 112 g/mol. The lowest BCUT2D eigenvalue weighted by atomic mass is 9.98. The second-order valence-electron chi connectivity index (χ2n) is 3.16. The summed E-state index contributed by atoms with van der Waals surface area (Å²) in [5, 5.41) is 9.22. The van der Waals surface area contributed by atoms with Gasteiger partial charge in [-0.1, -0.05) is 6.42 Å². The Hall–Kier alpha value is -0.0400. The van der Waals surface area contributed by atoms with Gasteiger partial charge in [0.25, 0.3) is 0 Å². The SMILES string of the molecule is O[C@H]1CCC[C@@H]2C[C@@H]21. The fourth-order valence-corrected chi connectivity index (χ4v) is 1.88. The number of rotatable bonds is 0. The highest BCUT2D eigenvalue weighted by Crippen LogP contribution is 2.49. The predicted octanol–water partition coefficient (Wildman–Crippen LogP) is 1.17. The van der Waals surface area contributed by atoms with Gasteiger partial charge in [0.15, 0.2) is 0 Å². The molecule has 2 aliphatic rings. The average Bonchev–Trinajstić information content (AvgIpc) is 2.45. The van der Waals surface area contributed by atoms with Gasteiger partial charge in [-0.25, -0.2) is 0 Å². The van der Waals surface area contributed by atoms with Crippen LogP contribution in [0.4, 0.5) is 0 Å². The van der Waals surface area contributed by atoms with Crippen molar-refractivity contribution in [3.8, 4) is 0 Å². The summed E-state index contributed by atoms with van der Waals surface area (Å²) in [4.78, 5) is 0. The van der Waals surface area contributed by atoms with E-state index in [0.29, 0.717) is 0 Å². The van der Waals surface area contributed by atoms with Crippen molar-refractivity contribution in [3.63, 3.8) is 0 Å². The molecule has 0 spiro atoms. The molecular formula is C7H12O. The Labute approximate surface area is 49.7 Å². The highest BCUT2D eigenvalue weighted by molar-refractivity contribution is 4.94. The van der Waals surface area contributed by atoms with Crippen LogP contribution in [-0.2, 0) is 0 Å². The molecule has 0 aromatic rings. The van der Waals surface area contributed by atoms with E-state index in [2.05, 4.69) is 0 Å². The van der Waals surface area contributed by atoms with Crippen molar-refractivity contribution in [3.05, 3.63) is 0 Å². The van der Waals surface area contributed by atoms with Crippen LogP contribution in [0.2, 0.25) is 0 Å². The molecule has 3 atom stereocenters. The van der Waals surface area contributed by atoms with Crippen molar-refractivity contribution < 1.29 is 5.11 Å². The molecule has 2 aliphatic carbocycles. The maximum atomic E-state index is 9.22. The molecule has 0 unspecified atom stereocenters. The molecule has 0 aromatic heterocycles. The smallest absolute Gasteiger partial charge is 0.0571 e. The van der Waals surface area contributed by atoms with E-state index in [0.717, 1.165) is 18.3 Å². The first-order valence-corrected chi connectivity index (χ1v) is 3.56. The molecular weight excluding hydrogens is 100 g/mol. The van der Waals surface area contributed by atoms with Crippen LogP contribution in [-0.4, -0.2) is 11.2 Å². The Bertz CT molecular complexity index is 101. The molecule has 1 heteroatoms. The maximum Gasteiger partial charge on any atom is 0.0571 e. The number of fused-ring (bicyclic) bond motifs is 1. The number of aliphatic hydroxyl groups is 1. The normalized spacial score (nSPS) is 52.9. The van der Waals surface area contributed by atoms with Crippen LogP contribution >= 0.6 is 0 Å². The highest BCUT2D eigenvalue weighted by Gasteiger charge is 2.44. The zero-order chi connectivity index (χ0) is 5.56. The minimum atomic E-state index is 0.0775. The van der Waals surface area contributed by atoms with Crippen molar-refractivity contribution in [2.45, 2.75) is 31.8 Å². The molecule has 0 bridgehead atoms. The van der Waals surface area contributed by atoms with Gasteiger partial charge in [-0.05, 0) is 31.1 Å². The molecule has 2 saturated carbocycles. The van der Waals surface area contributed by atoms with Crippen molar-refractivity contribution in [1.82, 2.24) is 0 Å². The standard InChI is InChI=1S/C7H12O/c8-7-3-1-2-5-4-6(5)7/h5-8H,1-4H2/t5-,6+,7+/m1/s1. The zero-order valence-corrected chi connectivity index (χ0v) is 5.01. The first-order valence-electron chi connectivity index (χ1n) is 3.56. The lowest BCUT2D eigenvalue weighted by molar-refractivity contribution is 0.116. The number of hydrogen-bond donors (Lipinski definition) is 1. The fourth-order valence-electron chi connectivity index (χ4n) is 1.88. The zero-order valence-electron chi connectivity index (χ0n) is 5.01. The Balaban J connectivity index is 1.99. The topological polar surface area (TPSA) is 20.2 Å². The molecule has 0 saturated heterocycles. The summed E-state index contributed by atoms with van der Waals surface area (Å²) in [6, 6.07) is 0. The van der Waals surface area contributed by atoms with Gasteiger partial charge in [0.1, 0.15) is 0 Å². The first-order chi connectivity index (χ1) is 3.88. The number of hydrogen-bond acceptors (Lipinski definition) is 1. The molecule has 1 N–H and O–H groups in total. The molecule has 1 nitrogen and oxygen atoms in total. The molecule has 0 aliphatic heterocycles. The van der Waals surface area contributed by atoms with Gasteiger partial charge in [0.2, 0.25) is 0 Å². The Morgan fingerprint density at radius 3 is 2.75 bits per heavy atom. The largest absolute Gasteiger partial charge is 0.393 e. The van der Waals surface area contributed by atoms with E-state index in [1.54, 1.807) is 0 Å². The summed E-state index contributed by atoms with van der Waals surface area (Å²) < 4.78 is 0. The molecule has 2 rings (SSSR count). The van der Waals surface area contributed by atoms with Crippen molar-refractivity contribution in [1.29, 1.82) is 0 Å². The van der Waals surface area contributed by atoms with Gasteiger partial charge in [-0.15, -0.1) is 0 Å². The maximum absolute atomic E-state index is 9.22. The average molecular weight is 112 g/mol. The van der Waals surface area contributed by atoms with Gasteiger partial charge >= 0.3 is 0 Å². The van der Waals surface area contributed by atoms with Crippen LogP contribution in [0.15, 0.2) is 0 Å². The van der Waals surface area contributed by atoms with Gasteiger partial charge in [-0.2, -0.15) is 0 Å². The van der Waals surface area contributed by atoms with Crippen LogP contribution in [0.25, 0.3) is 0 Å². The molecule has 0 amide bonds. The minimum absolute atomic E-state index is 0.0775. The van der Waals surface area contributed by atoms with Gasteiger partial charge in [-0.3, -0.25) is 0 Å². The molecule has 0 radical (unpaired) electrons. The van der Waals surface area contributed by atoms with E-state index in [1.165, 1.54) is 19.3 Å². The molecule has 8 heavy (non-hydrogen) atoms. The summed E-state index contributed by atoms with van der Waals surface area (Å²) in [7, 11) is 0. The Morgan fingerprint density at radius 1 is 1.25 bits per heavy atom. The van der Waals surface area contributed by atoms with E-state index in [9.17, 15) is 5.11 Å². The van der Waals surface area contributed by atoms with Crippen molar-refractivity contribution in [2.75, 3.05) is 0 Å². The second kappa shape index (κ2) is 1.47. The lowest BCUT2D eigenvalue weighted by Crippen LogP contribution is -2.14. The van der Waals surface area contributed by atoms with Crippen LogP contribution in [0.5, 0.6) is 0 Å². The first kappa shape index (κ1) is 4.80. The minimum Gasteiger partial charge on any atom is -0.393 e. The van der Waals surface area contributed by atoms with E-state index < -0.39 is 0 Å². The lowest BCUT2D eigenvalue weighted by Gasteiger charge is -2.14. The van der Waals surface area contributed by atoms with Crippen LogP contribution < -0.4 is 0 Å². The second-order valence-corrected chi connectivity index (χ2v) is 3.16. The van der Waals surface area contributed by atoms with Crippen LogP contribution in [0, 0.1) is 11.8 Å². The molecule has 0 heterocycles. The summed E-state index contributed by atoms with van der Waals surface area (Å²) in [6.45, 7) is 0. The summed E-state index contributed by atoms with van der Waals surface area (Å²) in [5.74, 6) is 1.66. The van der Waals surface area contributed by atoms with Crippen molar-refractivity contribution in [2.24, 2.45) is 11.8 Å². The Kier molecular flexibility index (Phi) is 0.884. The quantitative estimate of drug-likeness (QED) is 0.498. The molecule has 46 valence electrons.